The van der Waals surface area contributed by atoms with Crippen molar-refractivity contribution in [1.29, 1.82) is 0 Å². The molecule has 0 fully saturated rings. The Morgan fingerprint density at radius 1 is 1.41 bits per heavy atom. The van der Waals surface area contributed by atoms with E-state index >= 15 is 0 Å². The van der Waals surface area contributed by atoms with Crippen LogP contribution in [0.3, 0.4) is 0 Å². The average Bonchev–Trinajstić information content (AvgIpc) is 2.34. The lowest BCUT2D eigenvalue weighted by Gasteiger charge is -2.07. The van der Waals surface area contributed by atoms with Crippen LogP contribution in [0.1, 0.15) is 18.9 Å². The highest BCUT2D eigenvalue weighted by atomic mass is 16.5. The number of benzene rings is 1. The second-order valence-corrected chi connectivity index (χ2v) is 3.99. The normalized spacial score (nSPS) is 11.9. The summed E-state index contributed by atoms with van der Waals surface area (Å²) < 4.78 is 5.28. The van der Waals surface area contributed by atoms with Gasteiger partial charge in [0, 0.05) is 7.05 Å². The van der Waals surface area contributed by atoms with Crippen LogP contribution < -0.4 is 10.1 Å². The minimum Gasteiger partial charge on any atom is -0.484 e. The maximum atomic E-state index is 11.0. The molecule has 0 heterocycles. The number of ether oxygens (including phenoxy) is 1. The summed E-state index contributed by atoms with van der Waals surface area (Å²) in [7, 11) is 1.57. The van der Waals surface area contributed by atoms with E-state index in [0.29, 0.717) is 5.75 Å². The molecule has 0 saturated carbocycles. The van der Waals surface area contributed by atoms with Gasteiger partial charge in [-0.2, -0.15) is 0 Å². The molecule has 1 atom stereocenters. The van der Waals surface area contributed by atoms with Gasteiger partial charge in [0.2, 0.25) is 0 Å². The van der Waals surface area contributed by atoms with Gasteiger partial charge in [-0.3, -0.25) is 4.79 Å². The van der Waals surface area contributed by atoms with Crippen molar-refractivity contribution in [1.82, 2.24) is 5.32 Å². The van der Waals surface area contributed by atoms with Crippen LogP contribution >= 0.6 is 0 Å². The summed E-state index contributed by atoms with van der Waals surface area (Å²) in [6.07, 6.45) is 1.31. The molecule has 4 heteroatoms. The van der Waals surface area contributed by atoms with E-state index in [-0.39, 0.29) is 18.6 Å². The lowest BCUT2D eigenvalue weighted by Crippen LogP contribution is -2.24. The zero-order valence-corrected chi connectivity index (χ0v) is 10.3. The average molecular weight is 237 g/mol. The highest BCUT2D eigenvalue weighted by molar-refractivity contribution is 5.77. The van der Waals surface area contributed by atoms with Crippen LogP contribution in [0.5, 0.6) is 5.75 Å². The molecule has 1 amide bonds. The summed E-state index contributed by atoms with van der Waals surface area (Å²) in [4.78, 5) is 11.0. The molecule has 2 N–H and O–H groups in total. The van der Waals surface area contributed by atoms with Crippen LogP contribution in [-0.4, -0.2) is 30.8 Å². The van der Waals surface area contributed by atoms with Gasteiger partial charge in [0.15, 0.2) is 6.61 Å². The second-order valence-electron chi connectivity index (χ2n) is 3.99. The Morgan fingerprint density at radius 2 is 2.06 bits per heavy atom. The summed E-state index contributed by atoms with van der Waals surface area (Å²) in [5, 5.41) is 11.7. The van der Waals surface area contributed by atoms with Crippen molar-refractivity contribution in [2.45, 2.75) is 25.9 Å². The lowest BCUT2D eigenvalue weighted by atomic mass is 10.1. The molecular formula is C13H19NO3. The van der Waals surface area contributed by atoms with Crippen LogP contribution in [0.25, 0.3) is 0 Å². The Morgan fingerprint density at radius 3 is 2.59 bits per heavy atom. The fourth-order valence-corrected chi connectivity index (χ4v) is 1.35. The van der Waals surface area contributed by atoms with Gasteiger partial charge in [0.25, 0.3) is 5.91 Å². The third kappa shape index (κ3) is 5.36. The van der Waals surface area contributed by atoms with Gasteiger partial charge in [0.05, 0.1) is 6.10 Å². The fourth-order valence-electron chi connectivity index (χ4n) is 1.35. The van der Waals surface area contributed by atoms with E-state index < -0.39 is 0 Å². The van der Waals surface area contributed by atoms with E-state index in [2.05, 4.69) is 5.32 Å². The fraction of sp³-hybridized carbons (Fsp3) is 0.462. The number of aliphatic hydroxyl groups excluding tert-OH is 1. The number of rotatable bonds is 6. The Balaban J connectivity index is 2.42. The minimum absolute atomic E-state index is 0.0313. The van der Waals surface area contributed by atoms with E-state index in [4.69, 9.17) is 4.74 Å². The predicted octanol–water partition coefficient (Wildman–Crippen LogP) is 1.12. The zero-order valence-electron chi connectivity index (χ0n) is 10.3. The molecule has 0 aliphatic heterocycles. The highest BCUT2D eigenvalue weighted by Gasteiger charge is 2.01. The third-order valence-electron chi connectivity index (χ3n) is 2.42. The first-order valence-electron chi connectivity index (χ1n) is 5.72. The van der Waals surface area contributed by atoms with Crippen molar-refractivity contribution < 1.29 is 14.6 Å². The van der Waals surface area contributed by atoms with E-state index in [1.807, 2.05) is 24.3 Å². The number of amides is 1. The molecule has 1 aromatic rings. The molecule has 0 spiro atoms. The van der Waals surface area contributed by atoms with Crippen molar-refractivity contribution in [3.63, 3.8) is 0 Å². The number of aryl methyl sites for hydroxylation is 1. The summed E-state index contributed by atoms with van der Waals surface area (Å²) in [5.41, 5.74) is 1.15. The van der Waals surface area contributed by atoms with Gasteiger partial charge in [-0.1, -0.05) is 12.1 Å². The largest absolute Gasteiger partial charge is 0.484 e. The molecular weight excluding hydrogens is 218 g/mol. The molecule has 0 radical (unpaired) electrons. The van der Waals surface area contributed by atoms with E-state index in [9.17, 15) is 9.90 Å². The van der Waals surface area contributed by atoms with Gasteiger partial charge in [-0.15, -0.1) is 0 Å². The van der Waals surface area contributed by atoms with E-state index in [1.54, 1.807) is 14.0 Å². The number of nitrogens with one attached hydrogen (secondary N) is 1. The molecule has 0 saturated heterocycles. The number of hydrogen-bond donors (Lipinski definition) is 2. The van der Waals surface area contributed by atoms with Gasteiger partial charge in [-0.25, -0.2) is 0 Å². The van der Waals surface area contributed by atoms with E-state index in [1.165, 1.54) is 0 Å². The van der Waals surface area contributed by atoms with Gasteiger partial charge < -0.3 is 15.2 Å². The van der Waals surface area contributed by atoms with E-state index in [0.717, 1.165) is 18.4 Å². The summed E-state index contributed by atoms with van der Waals surface area (Å²) >= 11 is 0. The number of hydrogen-bond acceptors (Lipinski definition) is 3. The molecule has 94 valence electrons. The van der Waals surface area contributed by atoms with Gasteiger partial charge in [-0.05, 0) is 37.5 Å². The number of likely N-dealkylation sites (N-methyl/N-ethyl adjacent to an activating group) is 1. The Labute approximate surface area is 102 Å². The van der Waals surface area contributed by atoms with Crippen molar-refractivity contribution in [3.8, 4) is 5.75 Å². The van der Waals surface area contributed by atoms with Crippen LogP contribution in [0.4, 0.5) is 0 Å². The minimum atomic E-state index is -0.279. The van der Waals surface area contributed by atoms with Crippen LogP contribution in [0.15, 0.2) is 24.3 Å². The van der Waals surface area contributed by atoms with Crippen molar-refractivity contribution in [3.05, 3.63) is 29.8 Å². The highest BCUT2D eigenvalue weighted by Crippen LogP contribution is 2.13. The first kappa shape index (κ1) is 13.5. The first-order valence-corrected chi connectivity index (χ1v) is 5.72. The number of aliphatic hydroxyl groups is 1. The molecule has 0 aromatic heterocycles. The molecule has 0 aliphatic carbocycles. The van der Waals surface area contributed by atoms with Crippen molar-refractivity contribution >= 4 is 5.91 Å². The quantitative estimate of drug-likeness (QED) is 0.779. The Hall–Kier alpha value is -1.55. The molecule has 0 aliphatic rings. The predicted molar refractivity (Wildman–Crippen MR) is 66.0 cm³/mol. The molecule has 1 rings (SSSR count). The van der Waals surface area contributed by atoms with Crippen molar-refractivity contribution in [2.24, 2.45) is 0 Å². The number of carbonyl (C=O) groups is 1. The van der Waals surface area contributed by atoms with Crippen LogP contribution in [-0.2, 0) is 11.2 Å². The van der Waals surface area contributed by atoms with Crippen molar-refractivity contribution in [2.75, 3.05) is 13.7 Å². The Kier molecular flexibility index (Phi) is 5.49. The maximum absolute atomic E-state index is 11.0. The number of carbonyl (C=O) groups excluding carboxylic acids is 1. The van der Waals surface area contributed by atoms with Gasteiger partial charge >= 0.3 is 0 Å². The molecule has 1 aromatic carbocycles. The van der Waals surface area contributed by atoms with Crippen LogP contribution in [0.2, 0.25) is 0 Å². The summed E-state index contributed by atoms with van der Waals surface area (Å²) in [6.45, 7) is 1.81. The second kappa shape index (κ2) is 6.91. The summed E-state index contributed by atoms with van der Waals surface area (Å²) in [6, 6.07) is 7.56. The third-order valence-corrected chi connectivity index (χ3v) is 2.42. The maximum Gasteiger partial charge on any atom is 0.257 e. The molecule has 1 unspecified atom stereocenters. The molecule has 0 bridgehead atoms. The zero-order chi connectivity index (χ0) is 12.7. The first-order chi connectivity index (χ1) is 8.11. The standard InChI is InChI=1S/C13H19NO3/c1-10(15)3-4-11-5-7-12(8-6-11)17-9-13(16)14-2/h5-8,10,15H,3-4,9H2,1-2H3,(H,14,16). The molecule has 4 nitrogen and oxygen atoms in total. The summed E-state index contributed by atoms with van der Waals surface area (Å²) in [5.74, 6) is 0.526. The topological polar surface area (TPSA) is 58.6 Å². The molecule has 17 heavy (non-hydrogen) atoms. The lowest BCUT2D eigenvalue weighted by molar-refractivity contribution is -0.122. The Bertz CT molecular complexity index is 346. The SMILES string of the molecule is CNC(=O)COc1ccc(CCC(C)O)cc1. The van der Waals surface area contributed by atoms with Gasteiger partial charge in [0.1, 0.15) is 5.75 Å². The van der Waals surface area contributed by atoms with Crippen LogP contribution in [0, 0.1) is 0 Å². The monoisotopic (exact) mass is 237 g/mol. The smallest absolute Gasteiger partial charge is 0.257 e.